The second kappa shape index (κ2) is 7.24. The predicted molar refractivity (Wildman–Crippen MR) is 78.0 cm³/mol. The first-order valence-electron chi connectivity index (χ1n) is 7.26. The number of carbonyl (C=O) groups is 1. The molecule has 1 aliphatic rings. The van der Waals surface area contributed by atoms with Crippen LogP contribution in [0.4, 0.5) is 0 Å². The number of carbonyl (C=O) groups excluding carboxylic acids is 1. The van der Waals surface area contributed by atoms with Crippen LogP contribution in [0.25, 0.3) is 0 Å². The van der Waals surface area contributed by atoms with E-state index in [0.29, 0.717) is 11.4 Å². The number of rotatable bonds is 5. The second-order valence-corrected chi connectivity index (χ2v) is 5.18. The van der Waals surface area contributed by atoms with Gasteiger partial charge in [-0.25, -0.2) is 4.98 Å². The van der Waals surface area contributed by atoms with Gasteiger partial charge in [0.05, 0.1) is 12.7 Å². The lowest BCUT2D eigenvalue weighted by molar-refractivity contribution is 0.0910. The Hall–Kier alpha value is -1.62. The van der Waals surface area contributed by atoms with Crippen molar-refractivity contribution in [2.75, 3.05) is 26.7 Å². The maximum absolute atomic E-state index is 12.1. The van der Waals surface area contributed by atoms with Gasteiger partial charge in [0.25, 0.3) is 5.91 Å². The van der Waals surface area contributed by atoms with Crippen molar-refractivity contribution in [3.05, 3.63) is 23.9 Å². The van der Waals surface area contributed by atoms with E-state index >= 15 is 0 Å². The molecule has 20 heavy (non-hydrogen) atoms. The normalized spacial score (nSPS) is 16.9. The van der Waals surface area contributed by atoms with Crippen molar-refractivity contribution in [3.63, 3.8) is 0 Å². The lowest BCUT2D eigenvalue weighted by Gasteiger charge is -2.32. The van der Waals surface area contributed by atoms with E-state index in [1.807, 2.05) is 0 Å². The van der Waals surface area contributed by atoms with E-state index in [0.717, 1.165) is 32.5 Å². The number of nitrogens with zero attached hydrogens (tertiary/aromatic N) is 2. The van der Waals surface area contributed by atoms with E-state index in [1.165, 1.54) is 6.42 Å². The van der Waals surface area contributed by atoms with Crippen LogP contribution in [-0.4, -0.2) is 48.6 Å². The van der Waals surface area contributed by atoms with Gasteiger partial charge in [-0.1, -0.05) is 6.92 Å². The lowest BCUT2D eigenvalue weighted by Crippen LogP contribution is -2.44. The van der Waals surface area contributed by atoms with Crippen molar-refractivity contribution < 1.29 is 9.53 Å². The summed E-state index contributed by atoms with van der Waals surface area (Å²) in [5, 5.41) is 3.09. The van der Waals surface area contributed by atoms with Crippen molar-refractivity contribution in [1.29, 1.82) is 0 Å². The molecule has 0 radical (unpaired) electrons. The van der Waals surface area contributed by atoms with Gasteiger partial charge in [0.15, 0.2) is 0 Å². The molecule has 0 spiro atoms. The summed E-state index contributed by atoms with van der Waals surface area (Å²) in [5.74, 6) is 0.475. The van der Waals surface area contributed by atoms with Crippen LogP contribution in [0, 0.1) is 0 Å². The molecule has 5 nitrogen and oxygen atoms in total. The Morgan fingerprint density at radius 2 is 2.20 bits per heavy atom. The maximum Gasteiger partial charge on any atom is 0.253 e. The molecule has 1 aromatic heterocycles. The van der Waals surface area contributed by atoms with Crippen molar-refractivity contribution in [2.45, 2.75) is 32.2 Å². The quantitative estimate of drug-likeness (QED) is 0.890. The van der Waals surface area contributed by atoms with Crippen molar-refractivity contribution in [2.24, 2.45) is 0 Å². The topological polar surface area (TPSA) is 54.5 Å². The van der Waals surface area contributed by atoms with Crippen LogP contribution in [0.1, 0.15) is 36.5 Å². The van der Waals surface area contributed by atoms with Crippen molar-refractivity contribution >= 4 is 5.91 Å². The zero-order valence-corrected chi connectivity index (χ0v) is 12.3. The first-order valence-corrected chi connectivity index (χ1v) is 7.26. The van der Waals surface area contributed by atoms with Crippen LogP contribution in [-0.2, 0) is 0 Å². The van der Waals surface area contributed by atoms with E-state index in [9.17, 15) is 4.79 Å². The van der Waals surface area contributed by atoms with Crippen LogP contribution >= 0.6 is 0 Å². The average Bonchev–Trinajstić information content (AvgIpc) is 2.49. The molecule has 1 amide bonds. The summed E-state index contributed by atoms with van der Waals surface area (Å²) in [6, 6.07) is 3.73. The molecule has 0 aromatic carbocycles. The van der Waals surface area contributed by atoms with E-state index in [2.05, 4.69) is 22.1 Å². The molecule has 0 bridgehead atoms. The monoisotopic (exact) mass is 277 g/mol. The van der Waals surface area contributed by atoms with E-state index in [4.69, 9.17) is 4.74 Å². The highest BCUT2D eigenvalue weighted by Gasteiger charge is 2.20. The first kappa shape index (κ1) is 14.8. The fourth-order valence-electron chi connectivity index (χ4n) is 2.52. The standard InChI is InChI=1S/C15H23N3O2/c1-3-8-18-9-6-13(7-10-18)17-15(19)12-4-5-14(20-2)16-11-12/h4-5,11,13H,3,6-10H2,1-2H3,(H,17,19). The Kier molecular flexibility index (Phi) is 5.35. The average molecular weight is 277 g/mol. The Morgan fingerprint density at radius 1 is 1.45 bits per heavy atom. The minimum Gasteiger partial charge on any atom is -0.481 e. The molecular formula is C15H23N3O2. The Balaban J connectivity index is 1.82. The Bertz CT molecular complexity index is 425. The SMILES string of the molecule is CCCN1CCC(NC(=O)c2ccc(OC)nc2)CC1. The van der Waals surface area contributed by atoms with Gasteiger partial charge in [0.2, 0.25) is 5.88 Å². The summed E-state index contributed by atoms with van der Waals surface area (Å²) >= 11 is 0. The molecule has 5 heteroatoms. The third-order valence-corrected chi connectivity index (χ3v) is 3.67. The van der Waals surface area contributed by atoms with Gasteiger partial charge in [-0.2, -0.15) is 0 Å². The van der Waals surface area contributed by atoms with Crippen LogP contribution in [0.5, 0.6) is 5.88 Å². The molecule has 0 unspecified atom stereocenters. The minimum absolute atomic E-state index is 0.0471. The Morgan fingerprint density at radius 3 is 2.75 bits per heavy atom. The molecule has 0 saturated carbocycles. The number of amides is 1. The Labute approximate surface area is 120 Å². The smallest absolute Gasteiger partial charge is 0.253 e. The number of hydrogen-bond donors (Lipinski definition) is 1. The number of methoxy groups -OCH3 is 1. The molecular weight excluding hydrogens is 254 g/mol. The highest BCUT2D eigenvalue weighted by Crippen LogP contribution is 2.12. The van der Waals surface area contributed by atoms with E-state index < -0.39 is 0 Å². The van der Waals surface area contributed by atoms with Gasteiger partial charge < -0.3 is 15.0 Å². The van der Waals surface area contributed by atoms with E-state index in [1.54, 1.807) is 25.4 Å². The number of likely N-dealkylation sites (tertiary alicyclic amines) is 1. The molecule has 1 fully saturated rings. The van der Waals surface area contributed by atoms with Crippen LogP contribution < -0.4 is 10.1 Å². The van der Waals surface area contributed by atoms with Gasteiger partial charge in [-0.3, -0.25) is 4.79 Å². The van der Waals surface area contributed by atoms with Crippen LogP contribution in [0.15, 0.2) is 18.3 Å². The number of nitrogens with one attached hydrogen (secondary N) is 1. The molecule has 1 N–H and O–H groups in total. The fraction of sp³-hybridized carbons (Fsp3) is 0.600. The highest BCUT2D eigenvalue weighted by atomic mass is 16.5. The number of piperidine rings is 1. The molecule has 1 saturated heterocycles. The third kappa shape index (κ3) is 3.93. The zero-order chi connectivity index (χ0) is 14.4. The molecule has 0 aliphatic carbocycles. The summed E-state index contributed by atoms with van der Waals surface area (Å²) < 4.78 is 4.99. The zero-order valence-electron chi connectivity index (χ0n) is 12.3. The summed E-state index contributed by atoms with van der Waals surface area (Å²) in [4.78, 5) is 18.6. The molecule has 0 atom stereocenters. The predicted octanol–water partition coefficient (Wildman–Crippen LogP) is 1.69. The van der Waals surface area contributed by atoms with Crippen LogP contribution in [0.3, 0.4) is 0 Å². The van der Waals surface area contributed by atoms with E-state index in [-0.39, 0.29) is 11.9 Å². The molecule has 110 valence electrons. The van der Waals surface area contributed by atoms with Gasteiger partial charge in [0.1, 0.15) is 0 Å². The second-order valence-electron chi connectivity index (χ2n) is 5.18. The number of aromatic nitrogens is 1. The summed E-state index contributed by atoms with van der Waals surface area (Å²) in [5.41, 5.74) is 0.585. The van der Waals surface area contributed by atoms with Gasteiger partial charge in [-0.05, 0) is 31.9 Å². The first-order chi connectivity index (χ1) is 9.72. The largest absolute Gasteiger partial charge is 0.481 e. The van der Waals surface area contributed by atoms with Crippen molar-refractivity contribution in [3.8, 4) is 5.88 Å². The van der Waals surface area contributed by atoms with Gasteiger partial charge in [-0.15, -0.1) is 0 Å². The molecule has 1 aromatic rings. The van der Waals surface area contributed by atoms with Gasteiger partial charge >= 0.3 is 0 Å². The van der Waals surface area contributed by atoms with Crippen LogP contribution in [0.2, 0.25) is 0 Å². The summed E-state index contributed by atoms with van der Waals surface area (Å²) in [6.45, 7) is 5.49. The molecule has 2 rings (SSSR count). The lowest BCUT2D eigenvalue weighted by atomic mass is 10.0. The summed E-state index contributed by atoms with van der Waals surface area (Å²) in [6.07, 6.45) is 4.79. The third-order valence-electron chi connectivity index (χ3n) is 3.67. The minimum atomic E-state index is -0.0471. The number of ether oxygens (including phenoxy) is 1. The fourth-order valence-corrected chi connectivity index (χ4v) is 2.52. The van der Waals surface area contributed by atoms with Crippen molar-refractivity contribution in [1.82, 2.24) is 15.2 Å². The van der Waals surface area contributed by atoms with Gasteiger partial charge in [0, 0.05) is 31.4 Å². The number of pyridine rings is 1. The summed E-state index contributed by atoms with van der Waals surface area (Å²) in [7, 11) is 1.56. The maximum atomic E-state index is 12.1. The highest BCUT2D eigenvalue weighted by molar-refractivity contribution is 5.94. The molecule has 2 heterocycles. The number of hydrogen-bond acceptors (Lipinski definition) is 4. The molecule has 1 aliphatic heterocycles.